The molecule has 4 heteroatoms. The Kier molecular flexibility index (Phi) is 4.91. The number of carbonyl (C=O) groups is 2. The van der Waals surface area contributed by atoms with Crippen LogP contribution in [-0.2, 0) is 0 Å². The molecule has 0 bridgehead atoms. The van der Waals surface area contributed by atoms with Gasteiger partial charge < -0.3 is 0 Å². The molecule has 0 aliphatic carbocycles. The number of hydrogen-bond acceptors (Lipinski definition) is 2. The summed E-state index contributed by atoms with van der Waals surface area (Å²) in [6.07, 6.45) is 1.72. The van der Waals surface area contributed by atoms with Gasteiger partial charge in [0.15, 0.2) is 0 Å². The Bertz CT molecular complexity index is 481. The van der Waals surface area contributed by atoms with Gasteiger partial charge in [-0.25, -0.2) is 0 Å². The van der Waals surface area contributed by atoms with Crippen molar-refractivity contribution in [3.63, 3.8) is 0 Å². The topological polar surface area (TPSA) is 34.1 Å². The average molecular weight is 368 g/mol. The molecule has 0 fully saturated rings. The second-order valence-corrected chi connectivity index (χ2v) is 9.85. The SMILES string of the molecule is O=Cc1ccc([Se][Se]c2ccc(C=O)cc2)cc1. The van der Waals surface area contributed by atoms with Crippen molar-refractivity contribution in [3.05, 3.63) is 59.7 Å². The molecule has 2 aromatic carbocycles. The number of carbonyl (C=O) groups excluding carboxylic acids is 2. The predicted molar refractivity (Wildman–Crippen MR) is 74.4 cm³/mol. The van der Waals surface area contributed by atoms with Gasteiger partial charge in [0.05, 0.1) is 0 Å². The van der Waals surface area contributed by atoms with Gasteiger partial charge in [0.1, 0.15) is 0 Å². The average Bonchev–Trinajstić information content (AvgIpc) is 2.46. The summed E-state index contributed by atoms with van der Waals surface area (Å²) < 4.78 is 2.60. The molecule has 0 heterocycles. The maximum absolute atomic E-state index is 10.5. The van der Waals surface area contributed by atoms with E-state index in [9.17, 15) is 9.59 Å². The summed E-state index contributed by atoms with van der Waals surface area (Å²) >= 11 is 0.828. The van der Waals surface area contributed by atoms with Crippen LogP contribution in [0.1, 0.15) is 20.7 Å². The summed E-state index contributed by atoms with van der Waals surface area (Å²) in [6.45, 7) is 0. The fourth-order valence-electron chi connectivity index (χ4n) is 1.30. The van der Waals surface area contributed by atoms with E-state index in [1.165, 1.54) is 8.92 Å². The standard InChI is InChI=1S/C14H10O2Se2/c15-9-11-1-5-13(6-2-11)17-18-14-7-3-12(10-16)4-8-14/h1-10H. The first kappa shape index (κ1) is 13.3. The monoisotopic (exact) mass is 370 g/mol. The molecule has 90 valence electrons. The Morgan fingerprint density at radius 3 is 1.22 bits per heavy atom. The quantitative estimate of drug-likeness (QED) is 0.572. The third kappa shape index (κ3) is 3.66. The predicted octanol–water partition coefficient (Wildman–Crippen LogP) is 0.586. The first-order valence-corrected chi connectivity index (χ1v) is 11.3. The second-order valence-electron chi connectivity index (χ2n) is 3.54. The van der Waals surface area contributed by atoms with Crippen LogP contribution in [0.25, 0.3) is 0 Å². The van der Waals surface area contributed by atoms with Gasteiger partial charge in [-0.15, -0.1) is 0 Å². The van der Waals surface area contributed by atoms with Gasteiger partial charge in [0.25, 0.3) is 0 Å². The molecule has 2 aromatic rings. The molecular formula is C14H10O2Se2. The van der Waals surface area contributed by atoms with Gasteiger partial charge in [-0.05, 0) is 0 Å². The molecule has 2 nitrogen and oxygen atoms in total. The Morgan fingerprint density at radius 2 is 0.944 bits per heavy atom. The van der Waals surface area contributed by atoms with Gasteiger partial charge in [-0.2, -0.15) is 0 Å². The first-order chi connectivity index (χ1) is 8.81. The molecule has 0 N–H and O–H groups in total. The molecule has 0 aliphatic heterocycles. The summed E-state index contributed by atoms with van der Waals surface area (Å²) in [4.78, 5) is 21.1. The van der Waals surface area contributed by atoms with E-state index in [0.29, 0.717) is 26.3 Å². The van der Waals surface area contributed by atoms with Crippen molar-refractivity contribution < 1.29 is 9.59 Å². The summed E-state index contributed by atoms with van der Waals surface area (Å²) in [5.74, 6) is 0. The molecule has 0 spiro atoms. The van der Waals surface area contributed by atoms with Crippen LogP contribution in [0.15, 0.2) is 48.5 Å². The van der Waals surface area contributed by atoms with Gasteiger partial charge >= 0.3 is 117 Å². The second kappa shape index (κ2) is 6.67. The van der Waals surface area contributed by atoms with Crippen LogP contribution < -0.4 is 8.92 Å². The third-order valence-corrected chi connectivity index (χ3v) is 9.50. The van der Waals surface area contributed by atoms with E-state index in [1.54, 1.807) is 0 Å². The van der Waals surface area contributed by atoms with Gasteiger partial charge in [0.2, 0.25) is 0 Å². The van der Waals surface area contributed by atoms with E-state index in [4.69, 9.17) is 0 Å². The molecule has 0 saturated carbocycles. The molecule has 18 heavy (non-hydrogen) atoms. The van der Waals surface area contributed by atoms with Crippen molar-refractivity contribution in [3.8, 4) is 0 Å². The van der Waals surface area contributed by atoms with Crippen molar-refractivity contribution in [2.45, 2.75) is 0 Å². The van der Waals surface area contributed by atoms with Crippen LogP contribution in [0.4, 0.5) is 0 Å². The zero-order valence-corrected chi connectivity index (χ0v) is 12.8. The van der Waals surface area contributed by atoms with Crippen molar-refractivity contribution in [1.82, 2.24) is 0 Å². The normalized spacial score (nSPS) is 10.0. The molecule has 2 rings (SSSR count). The fraction of sp³-hybridized carbons (Fsp3) is 0. The summed E-state index contributed by atoms with van der Waals surface area (Å²) in [6, 6.07) is 15.5. The molecule has 0 atom stereocenters. The van der Waals surface area contributed by atoms with Crippen molar-refractivity contribution in [1.29, 1.82) is 0 Å². The first-order valence-electron chi connectivity index (χ1n) is 5.27. The zero-order valence-electron chi connectivity index (χ0n) is 9.41. The van der Waals surface area contributed by atoms with Crippen LogP contribution in [0, 0.1) is 0 Å². The van der Waals surface area contributed by atoms with E-state index in [2.05, 4.69) is 0 Å². The number of benzene rings is 2. The van der Waals surface area contributed by atoms with E-state index < -0.39 is 0 Å². The zero-order chi connectivity index (χ0) is 12.8. The Morgan fingerprint density at radius 1 is 0.611 bits per heavy atom. The summed E-state index contributed by atoms with van der Waals surface area (Å²) in [7, 11) is 0. The molecule has 0 aliphatic rings. The van der Waals surface area contributed by atoms with Crippen LogP contribution in [0.3, 0.4) is 0 Å². The van der Waals surface area contributed by atoms with Crippen molar-refractivity contribution in [2.24, 2.45) is 0 Å². The number of aldehydes is 2. The Hall–Kier alpha value is -1.18. The fourth-order valence-corrected chi connectivity index (χ4v) is 7.26. The molecule has 0 saturated heterocycles. The van der Waals surface area contributed by atoms with Crippen molar-refractivity contribution >= 4 is 47.8 Å². The van der Waals surface area contributed by atoms with Crippen LogP contribution in [-0.4, -0.2) is 38.8 Å². The summed E-state index contributed by atoms with van der Waals surface area (Å²) in [5, 5.41) is 0. The van der Waals surface area contributed by atoms with Crippen molar-refractivity contribution in [2.75, 3.05) is 0 Å². The minimum atomic E-state index is 0.414. The van der Waals surface area contributed by atoms with Gasteiger partial charge in [-0.3, -0.25) is 0 Å². The number of hydrogen-bond donors (Lipinski definition) is 0. The number of rotatable bonds is 5. The molecule has 0 unspecified atom stereocenters. The van der Waals surface area contributed by atoms with Crippen LogP contribution in [0.2, 0.25) is 0 Å². The molecule has 0 amide bonds. The van der Waals surface area contributed by atoms with E-state index in [0.717, 1.165) is 23.7 Å². The van der Waals surface area contributed by atoms with Crippen LogP contribution in [0.5, 0.6) is 0 Å². The maximum atomic E-state index is 10.5. The molecule has 0 radical (unpaired) electrons. The van der Waals surface area contributed by atoms with E-state index >= 15 is 0 Å². The third-order valence-electron chi connectivity index (χ3n) is 2.27. The summed E-state index contributed by atoms with van der Waals surface area (Å²) in [5.41, 5.74) is 1.44. The Labute approximate surface area is 117 Å². The van der Waals surface area contributed by atoms with Gasteiger partial charge in [-0.1, -0.05) is 0 Å². The molecule has 0 aromatic heterocycles. The Balaban J connectivity index is 1.97. The molecular weight excluding hydrogens is 358 g/mol. The van der Waals surface area contributed by atoms with Crippen LogP contribution >= 0.6 is 0 Å². The minimum absolute atomic E-state index is 0.414. The van der Waals surface area contributed by atoms with Gasteiger partial charge in [0, 0.05) is 0 Å². The van der Waals surface area contributed by atoms with E-state index in [1.807, 2.05) is 48.5 Å². The van der Waals surface area contributed by atoms with E-state index in [-0.39, 0.29) is 0 Å².